The number of nitrogens with zero attached hydrogens (tertiary/aromatic N) is 3. The highest BCUT2D eigenvalue weighted by Crippen LogP contribution is 2.34. The molecule has 0 bridgehead atoms. The number of carbonyl (C=O) groups is 4. The van der Waals surface area contributed by atoms with Gasteiger partial charge in [-0.2, -0.15) is 4.68 Å². The molecule has 1 atom stereocenters. The number of thiophene rings is 1. The maximum absolute atomic E-state index is 13.5. The van der Waals surface area contributed by atoms with Gasteiger partial charge in [-0.25, -0.2) is 4.79 Å². The van der Waals surface area contributed by atoms with Crippen LogP contribution in [0.25, 0.3) is 10.2 Å². The number of anilines is 2. The molecule has 2 N–H and O–H groups in total. The molecule has 0 aliphatic carbocycles. The minimum Gasteiger partial charge on any atom is -0.459 e. The molecule has 12 heteroatoms. The van der Waals surface area contributed by atoms with E-state index in [2.05, 4.69) is 15.7 Å². The molecule has 5 aromatic rings. The first-order chi connectivity index (χ1) is 20.3. The monoisotopic (exact) mass is 585 g/mol. The lowest BCUT2D eigenvalue weighted by Gasteiger charge is -2.24. The van der Waals surface area contributed by atoms with Crippen LogP contribution in [0.4, 0.5) is 16.3 Å². The summed E-state index contributed by atoms with van der Waals surface area (Å²) in [6, 6.07) is 20.5. The highest BCUT2D eigenvalue weighted by Gasteiger charge is 2.27. The number of carbonyl (C=O) groups excluding carboxylic acids is 4. The minimum absolute atomic E-state index is 0.0595. The molecular weight excluding hydrogens is 558 g/mol. The summed E-state index contributed by atoms with van der Waals surface area (Å²) in [6.07, 6.45) is 0.624. The van der Waals surface area contributed by atoms with Gasteiger partial charge in [-0.15, -0.1) is 16.4 Å². The molecule has 11 nitrogen and oxygen atoms in total. The van der Waals surface area contributed by atoms with Crippen molar-refractivity contribution in [1.29, 1.82) is 0 Å². The van der Waals surface area contributed by atoms with Crippen LogP contribution >= 0.6 is 11.3 Å². The Hall–Kier alpha value is -5.23. The van der Waals surface area contributed by atoms with Crippen LogP contribution < -0.4 is 10.6 Å². The van der Waals surface area contributed by atoms with Crippen molar-refractivity contribution >= 4 is 56.9 Å². The third kappa shape index (κ3) is 5.65. The quantitative estimate of drug-likeness (QED) is 0.227. The van der Waals surface area contributed by atoms with Gasteiger partial charge in [-0.1, -0.05) is 42.5 Å². The number of benzene rings is 2. The van der Waals surface area contributed by atoms with Crippen LogP contribution in [0.5, 0.6) is 0 Å². The lowest BCUT2D eigenvalue weighted by Crippen LogP contribution is -2.29. The fraction of sp³-hybridized carbons (Fsp3) is 0.167. The van der Waals surface area contributed by atoms with E-state index in [0.717, 1.165) is 21.6 Å². The van der Waals surface area contributed by atoms with Gasteiger partial charge >= 0.3 is 6.09 Å². The van der Waals surface area contributed by atoms with Gasteiger partial charge in [0.1, 0.15) is 4.83 Å². The van der Waals surface area contributed by atoms with Crippen LogP contribution in [-0.4, -0.2) is 52.1 Å². The number of furan rings is 1. The Kier molecular flexibility index (Phi) is 8.16. The van der Waals surface area contributed by atoms with Crippen LogP contribution in [-0.2, 0) is 4.74 Å². The van der Waals surface area contributed by atoms with Gasteiger partial charge in [-0.05, 0) is 49.7 Å². The van der Waals surface area contributed by atoms with Gasteiger partial charge in [0.05, 0.1) is 40.4 Å². The van der Waals surface area contributed by atoms with Gasteiger partial charge in [0.15, 0.2) is 11.6 Å². The zero-order chi connectivity index (χ0) is 29.8. The second kappa shape index (κ2) is 12.1. The predicted molar refractivity (Wildman–Crippen MR) is 158 cm³/mol. The molecular formula is C30H27N5O6S. The number of aromatic nitrogens is 2. The molecule has 0 aliphatic rings. The third-order valence-corrected chi connectivity index (χ3v) is 7.69. The summed E-state index contributed by atoms with van der Waals surface area (Å²) in [6.45, 7) is 3.70. The number of amides is 3. The molecule has 0 spiro atoms. The SMILES string of the molecule is CCOC(=O)n1nc(NC(=O)c2ccccc2NC(=O)c2ccco2)c2cc(C(=O)N(C)C(C)c3ccccc3)sc21. The molecule has 3 heterocycles. The second-order valence-corrected chi connectivity index (χ2v) is 10.3. The van der Waals surface area contributed by atoms with E-state index in [1.165, 1.54) is 18.4 Å². The molecule has 3 aromatic heterocycles. The number of ether oxygens (including phenoxy) is 1. The molecule has 3 amide bonds. The standard InChI is InChI=1S/C30H27N5O6S/c1-4-40-30(39)35-29-21(17-24(42-29)28(38)34(3)18(2)19-11-6-5-7-12-19)25(33-35)32-26(36)20-13-8-9-14-22(20)31-27(37)23-15-10-16-41-23/h5-18H,4H2,1-3H3,(H,31,37)(H,32,33,36). The van der Waals surface area contributed by atoms with E-state index in [1.807, 2.05) is 37.3 Å². The van der Waals surface area contributed by atoms with Crippen LogP contribution in [0.3, 0.4) is 0 Å². The van der Waals surface area contributed by atoms with Gasteiger partial charge in [-0.3, -0.25) is 14.4 Å². The molecule has 0 radical (unpaired) electrons. The first-order valence-corrected chi connectivity index (χ1v) is 13.9. The Morgan fingerprint density at radius 3 is 2.45 bits per heavy atom. The molecule has 214 valence electrons. The number of hydrogen-bond donors (Lipinski definition) is 2. The smallest absolute Gasteiger partial charge is 0.436 e. The van der Waals surface area contributed by atoms with Crippen LogP contribution in [0.15, 0.2) is 83.5 Å². The zero-order valence-corrected chi connectivity index (χ0v) is 23.8. The van der Waals surface area contributed by atoms with Crippen molar-refractivity contribution in [3.05, 3.63) is 101 Å². The van der Waals surface area contributed by atoms with E-state index < -0.39 is 17.9 Å². The molecule has 0 aliphatic heterocycles. The fourth-order valence-corrected chi connectivity index (χ4v) is 5.36. The van der Waals surface area contributed by atoms with E-state index in [-0.39, 0.29) is 41.4 Å². The maximum Gasteiger partial charge on any atom is 0.436 e. The molecule has 0 fully saturated rings. The van der Waals surface area contributed by atoms with Gasteiger partial charge < -0.3 is 24.7 Å². The average molecular weight is 586 g/mol. The van der Waals surface area contributed by atoms with Crippen molar-refractivity contribution in [3.8, 4) is 0 Å². The Labute approximate surface area is 244 Å². The molecule has 1 unspecified atom stereocenters. The molecule has 42 heavy (non-hydrogen) atoms. The van der Waals surface area contributed by atoms with Crippen molar-refractivity contribution < 1.29 is 28.3 Å². The summed E-state index contributed by atoms with van der Waals surface area (Å²) in [7, 11) is 1.71. The summed E-state index contributed by atoms with van der Waals surface area (Å²) in [5.41, 5.74) is 1.37. The first kappa shape index (κ1) is 28.3. The third-order valence-electron chi connectivity index (χ3n) is 6.59. The van der Waals surface area contributed by atoms with Crippen molar-refractivity contribution in [2.75, 3.05) is 24.3 Å². The maximum atomic E-state index is 13.5. The largest absolute Gasteiger partial charge is 0.459 e. The number of nitrogens with one attached hydrogen (secondary N) is 2. The van der Waals surface area contributed by atoms with Gasteiger partial charge in [0.2, 0.25) is 0 Å². The van der Waals surface area contributed by atoms with Crippen molar-refractivity contribution in [2.45, 2.75) is 19.9 Å². The zero-order valence-electron chi connectivity index (χ0n) is 23.0. The highest BCUT2D eigenvalue weighted by molar-refractivity contribution is 7.20. The van der Waals surface area contributed by atoms with Crippen LogP contribution in [0.1, 0.15) is 56.0 Å². The average Bonchev–Trinajstić information content (AvgIpc) is 3.76. The van der Waals surface area contributed by atoms with E-state index in [4.69, 9.17) is 9.15 Å². The Balaban J connectivity index is 1.46. The van der Waals surface area contributed by atoms with E-state index in [1.54, 1.807) is 49.2 Å². The van der Waals surface area contributed by atoms with Crippen molar-refractivity contribution in [1.82, 2.24) is 14.7 Å². The number of para-hydroxylation sites is 1. The number of rotatable bonds is 8. The number of fused-ring (bicyclic) bond motifs is 1. The summed E-state index contributed by atoms with van der Waals surface area (Å²) in [5.74, 6) is -1.23. The highest BCUT2D eigenvalue weighted by atomic mass is 32.1. The minimum atomic E-state index is -0.749. The summed E-state index contributed by atoms with van der Waals surface area (Å²) < 4.78 is 11.3. The topological polar surface area (TPSA) is 136 Å². The molecule has 0 saturated carbocycles. The lowest BCUT2D eigenvalue weighted by molar-refractivity contribution is 0.0747. The summed E-state index contributed by atoms with van der Waals surface area (Å²) in [5, 5.41) is 10.1. The Bertz CT molecular complexity index is 1760. The van der Waals surface area contributed by atoms with Crippen LogP contribution in [0, 0.1) is 0 Å². The summed E-state index contributed by atoms with van der Waals surface area (Å²) in [4.78, 5) is 54.5. The Morgan fingerprint density at radius 2 is 1.74 bits per heavy atom. The van der Waals surface area contributed by atoms with Crippen molar-refractivity contribution in [3.63, 3.8) is 0 Å². The molecule has 0 saturated heterocycles. The number of hydrogen-bond acceptors (Lipinski definition) is 8. The van der Waals surface area contributed by atoms with E-state index in [0.29, 0.717) is 15.1 Å². The van der Waals surface area contributed by atoms with Crippen LogP contribution in [0.2, 0.25) is 0 Å². The normalized spacial score (nSPS) is 11.6. The van der Waals surface area contributed by atoms with Gasteiger partial charge in [0.25, 0.3) is 17.7 Å². The fourth-order valence-electron chi connectivity index (χ4n) is 4.28. The van der Waals surface area contributed by atoms with E-state index in [9.17, 15) is 19.2 Å². The Morgan fingerprint density at radius 1 is 1.00 bits per heavy atom. The molecule has 2 aromatic carbocycles. The van der Waals surface area contributed by atoms with Gasteiger partial charge in [0, 0.05) is 7.05 Å². The molecule has 5 rings (SSSR count). The second-order valence-electron chi connectivity index (χ2n) is 9.22. The van der Waals surface area contributed by atoms with Crippen molar-refractivity contribution in [2.24, 2.45) is 0 Å². The lowest BCUT2D eigenvalue weighted by atomic mass is 10.1. The predicted octanol–water partition coefficient (Wildman–Crippen LogP) is 6.03. The summed E-state index contributed by atoms with van der Waals surface area (Å²) >= 11 is 1.07. The first-order valence-electron chi connectivity index (χ1n) is 13.1. The van der Waals surface area contributed by atoms with E-state index >= 15 is 0 Å².